The van der Waals surface area contributed by atoms with E-state index in [0.29, 0.717) is 5.56 Å². The summed E-state index contributed by atoms with van der Waals surface area (Å²) in [6.45, 7) is 12.1. The Labute approximate surface area is 176 Å². The molecule has 0 fully saturated rings. The molecule has 7 nitrogen and oxygen atoms in total. The van der Waals surface area contributed by atoms with Crippen LogP contribution in [0.25, 0.3) is 6.08 Å². The molecule has 0 unspecified atom stereocenters. The number of halogens is 1. The van der Waals surface area contributed by atoms with Gasteiger partial charge in [0.1, 0.15) is 11.2 Å². The molecule has 2 amide bonds. The monoisotopic (exact) mass is 425 g/mol. The van der Waals surface area contributed by atoms with Crippen LogP contribution in [0.3, 0.4) is 0 Å². The van der Waals surface area contributed by atoms with Gasteiger partial charge in [0, 0.05) is 6.08 Å². The maximum Gasteiger partial charge on any atom is 0.424 e. The Morgan fingerprint density at radius 1 is 1.00 bits per heavy atom. The van der Waals surface area contributed by atoms with Crippen molar-refractivity contribution in [2.45, 2.75) is 59.7 Å². The second kappa shape index (κ2) is 9.78. The van der Waals surface area contributed by atoms with Gasteiger partial charge in [-0.1, -0.05) is 17.7 Å². The van der Waals surface area contributed by atoms with Crippen LogP contribution >= 0.6 is 11.6 Å². The standard InChI is InChI=1S/C21H28ClNO6/c1-8-27-17(24)12-10-14-9-11-16(15(22)13-14)23(18(25)28-20(2,3)4)19(26)29-21(5,6)7/h9-13H,8H2,1-7H3/b12-10+. The first-order valence-electron chi connectivity index (χ1n) is 9.14. The zero-order valence-electron chi connectivity index (χ0n) is 17.9. The molecule has 1 aromatic rings. The molecule has 0 bridgehead atoms. The van der Waals surface area contributed by atoms with Gasteiger partial charge in [-0.2, -0.15) is 4.90 Å². The molecule has 0 spiro atoms. The van der Waals surface area contributed by atoms with Crippen molar-refractivity contribution < 1.29 is 28.6 Å². The summed E-state index contributed by atoms with van der Waals surface area (Å²) in [5.74, 6) is -0.489. The summed E-state index contributed by atoms with van der Waals surface area (Å²) in [5.41, 5.74) is -0.971. The third-order valence-corrected chi connectivity index (χ3v) is 3.37. The summed E-state index contributed by atoms with van der Waals surface area (Å²) in [6, 6.07) is 4.58. The van der Waals surface area contributed by atoms with Gasteiger partial charge in [-0.05, 0) is 72.2 Å². The van der Waals surface area contributed by atoms with Crippen LogP contribution in [0, 0.1) is 0 Å². The number of hydrogen-bond acceptors (Lipinski definition) is 6. The van der Waals surface area contributed by atoms with E-state index in [1.807, 2.05) is 0 Å². The summed E-state index contributed by atoms with van der Waals surface area (Å²) in [6.07, 6.45) is 0.944. The topological polar surface area (TPSA) is 82.1 Å². The van der Waals surface area contributed by atoms with Crippen molar-refractivity contribution in [3.63, 3.8) is 0 Å². The van der Waals surface area contributed by atoms with Gasteiger partial charge >= 0.3 is 18.2 Å². The molecule has 0 heterocycles. The maximum absolute atomic E-state index is 12.7. The summed E-state index contributed by atoms with van der Waals surface area (Å²) in [7, 11) is 0. The van der Waals surface area contributed by atoms with Crippen LogP contribution in [0.1, 0.15) is 54.0 Å². The molecule has 29 heavy (non-hydrogen) atoms. The zero-order chi connectivity index (χ0) is 22.4. The minimum absolute atomic E-state index is 0.100. The quantitative estimate of drug-likeness (QED) is 0.355. The molecule has 0 atom stereocenters. The Bertz CT molecular complexity index is 761. The average Bonchev–Trinajstić information content (AvgIpc) is 2.52. The van der Waals surface area contributed by atoms with Crippen LogP contribution < -0.4 is 4.90 Å². The lowest BCUT2D eigenvalue weighted by atomic mass is 10.1. The number of anilines is 1. The molecule has 0 N–H and O–H groups in total. The number of hydrogen-bond donors (Lipinski definition) is 0. The van der Waals surface area contributed by atoms with Crippen molar-refractivity contribution in [3.05, 3.63) is 34.9 Å². The van der Waals surface area contributed by atoms with Crippen LogP contribution in [0.2, 0.25) is 5.02 Å². The summed E-state index contributed by atoms with van der Waals surface area (Å²) < 4.78 is 15.5. The predicted molar refractivity (Wildman–Crippen MR) is 112 cm³/mol. The van der Waals surface area contributed by atoms with Crippen LogP contribution in [-0.2, 0) is 19.0 Å². The zero-order valence-corrected chi connectivity index (χ0v) is 18.6. The first-order chi connectivity index (χ1) is 13.2. The van der Waals surface area contributed by atoms with Crippen molar-refractivity contribution >= 4 is 41.5 Å². The second-order valence-corrected chi connectivity index (χ2v) is 8.50. The van der Waals surface area contributed by atoms with Gasteiger partial charge in [-0.15, -0.1) is 0 Å². The number of nitrogens with zero attached hydrogens (tertiary/aromatic N) is 1. The number of rotatable bonds is 4. The van der Waals surface area contributed by atoms with E-state index in [1.54, 1.807) is 54.5 Å². The molecule has 1 rings (SSSR count). The molecular formula is C21H28ClNO6. The Balaban J connectivity index is 3.25. The molecule has 0 aromatic heterocycles. The van der Waals surface area contributed by atoms with E-state index < -0.39 is 29.4 Å². The van der Waals surface area contributed by atoms with E-state index in [1.165, 1.54) is 24.3 Å². The highest BCUT2D eigenvalue weighted by atomic mass is 35.5. The normalized spacial score (nSPS) is 11.9. The first-order valence-corrected chi connectivity index (χ1v) is 9.52. The van der Waals surface area contributed by atoms with Crippen molar-refractivity contribution in [1.29, 1.82) is 0 Å². The highest BCUT2D eigenvalue weighted by molar-refractivity contribution is 6.35. The van der Waals surface area contributed by atoms with Crippen molar-refractivity contribution in [1.82, 2.24) is 0 Å². The van der Waals surface area contributed by atoms with Crippen molar-refractivity contribution in [2.24, 2.45) is 0 Å². The fraction of sp³-hybridized carbons (Fsp3) is 0.476. The van der Waals surface area contributed by atoms with Crippen LogP contribution in [0.5, 0.6) is 0 Å². The summed E-state index contributed by atoms with van der Waals surface area (Å²) in [5, 5.41) is 0.104. The van der Waals surface area contributed by atoms with E-state index in [4.69, 9.17) is 25.8 Å². The maximum atomic E-state index is 12.7. The van der Waals surface area contributed by atoms with Gasteiger partial charge in [0.05, 0.1) is 17.3 Å². The minimum Gasteiger partial charge on any atom is -0.463 e. The van der Waals surface area contributed by atoms with Gasteiger partial charge in [0.2, 0.25) is 0 Å². The summed E-state index contributed by atoms with van der Waals surface area (Å²) >= 11 is 6.32. The fourth-order valence-corrected chi connectivity index (χ4v) is 2.32. The molecule has 160 valence electrons. The second-order valence-electron chi connectivity index (χ2n) is 8.09. The molecule has 1 aromatic carbocycles. The Hall–Kier alpha value is -2.54. The number of amides is 2. The van der Waals surface area contributed by atoms with Crippen LogP contribution in [-0.4, -0.2) is 36.0 Å². The highest BCUT2D eigenvalue weighted by Gasteiger charge is 2.33. The van der Waals surface area contributed by atoms with E-state index in [-0.39, 0.29) is 17.3 Å². The lowest BCUT2D eigenvalue weighted by Gasteiger charge is -2.29. The van der Waals surface area contributed by atoms with Gasteiger partial charge in [0.15, 0.2) is 0 Å². The number of ether oxygens (including phenoxy) is 3. The molecular weight excluding hydrogens is 398 g/mol. The van der Waals surface area contributed by atoms with Crippen molar-refractivity contribution in [2.75, 3.05) is 11.5 Å². The smallest absolute Gasteiger partial charge is 0.424 e. The third kappa shape index (κ3) is 8.56. The van der Waals surface area contributed by atoms with Gasteiger partial charge < -0.3 is 14.2 Å². The first kappa shape index (κ1) is 24.5. The number of esters is 1. The molecule has 0 aliphatic rings. The molecule has 0 saturated heterocycles. The number of carbonyl (C=O) groups is 3. The van der Waals surface area contributed by atoms with Crippen molar-refractivity contribution in [3.8, 4) is 0 Å². The van der Waals surface area contributed by atoms with E-state index in [0.717, 1.165) is 4.90 Å². The average molecular weight is 426 g/mol. The largest absolute Gasteiger partial charge is 0.463 e. The van der Waals surface area contributed by atoms with Crippen LogP contribution in [0.4, 0.5) is 15.3 Å². The van der Waals surface area contributed by atoms with E-state index in [9.17, 15) is 14.4 Å². The molecule has 0 saturated carbocycles. The predicted octanol–water partition coefficient (Wildman–Crippen LogP) is 5.59. The van der Waals surface area contributed by atoms with E-state index >= 15 is 0 Å². The Morgan fingerprint density at radius 3 is 1.93 bits per heavy atom. The lowest BCUT2D eigenvalue weighted by Crippen LogP contribution is -2.44. The minimum atomic E-state index is -0.913. The third-order valence-electron chi connectivity index (χ3n) is 3.06. The highest BCUT2D eigenvalue weighted by Crippen LogP contribution is 2.30. The Morgan fingerprint density at radius 2 is 1.52 bits per heavy atom. The fourth-order valence-electron chi connectivity index (χ4n) is 2.05. The van der Waals surface area contributed by atoms with Gasteiger partial charge in [-0.25, -0.2) is 14.4 Å². The lowest BCUT2D eigenvalue weighted by molar-refractivity contribution is -0.137. The SMILES string of the molecule is CCOC(=O)/C=C/c1ccc(N(C(=O)OC(C)(C)C)C(=O)OC(C)(C)C)c(Cl)c1. The Kier molecular flexibility index (Phi) is 8.26. The number of imide groups is 1. The molecule has 0 aliphatic heterocycles. The molecule has 0 aliphatic carbocycles. The van der Waals surface area contributed by atoms with E-state index in [2.05, 4.69) is 0 Å². The molecule has 8 heteroatoms. The van der Waals surface area contributed by atoms with Gasteiger partial charge in [0.25, 0.3) is 0 Å². The summed E-state index contributed by atoms with van der Waals surface area (Å²) in [4.78, 5) is 37.6. The van der Waals surface area contributed by atoms with Gasteiger partial charge in [-0.3, -0.25) is 0 Å². The van der Waals surface area contributed by atoms with Crippen LogP contribution in [0.15, 0.2) is 24.3 Å². The number of benzene rings is 1. The molecule has 0 radical (unpaired) electrons. The number of carbonyl (C=O) groups excluding carboxylic acids is 3.